The molecule has 0 bridgehead atoms. The molecular weight excluding hydrogens is 744 g/mol. The van der Waals surface area contributed by atoms with Gasteiger partial charge in [0.2, 0.25) is 12.4 Å². The number of benzene rings is 4. The Balaban J connectivity index is 1.58. The Bertz CT molecular complexity index is 2510. The lowest BCUT2D eigenvalue weighted by atomic mass is 9.92. The van der Waals surface area contributed by atoms with Crippen molar-refractivity contribution in [3.05, 3.63) is 142 Å². The van der Waals surface area contributed by atoms with E-state index in [1.54, 1.807) is 36.7 Å². The van der Waals surface area contributed by atoms with Crippen LogP contribution in [-0.2, 0) is 25.7 Å². The fourth-order valence-electron chi connectivity index (χ4n) is 6.16. The second-order valence-electron chi connectivity index (χ2n) is 12.2. The number of nitriles is 2. The van der Waals surface area contributed by atoms with Gasteiger partial charge in [0.05, 0.1) is 33.9 Å². The highest BCUT2D eigenvalue weighted by Gasteiger charge is 2.37. The van der Waals surface area contributed by atoms with Gasteiger partial charge >= 0.3 is 12.4 Å². The number of fused-ring (bicyclic) bond motifs is 2. The Morgan fingerprint density at radius 2 is 0.750 bits per heavy atom. The number of aromatic nitrogens is 4. The third kappa shape index (κ3) is 6.96. The van der Waals surface area contributed by atoms with Crippen molar-refractivity contribution < 1.29 is 35.1 Å². The number of rotatable bonds is 6. The molecular formula is C40H20F8N8. The minimum Gasteiger partial charge on any atom is -0.246 e. The number of hydrogen-bond donors (Lipinski definition) is 0. The van der Waals surface area contributed by atoms with Gasteiger partial charge in [-0.3, -0.25) is 0 Å². The molecule has 0 fully saturated rings. The van der Waals surface area contributed by atoms with Crippen LogP contribution in [0.15, 0.2) is 107 Å². The van der Waals surface area contributed by atoms with Gasteiger partial charge in [0.15, 0.2) is 0 Å². The van der Waals surface area contributed by atoms with E-state index in [2.05, 4.69) is 20.0 Å². The molecule has 2 heterocycles. The predicted octanol–water partition coefficient (Wildman–Crippen LogP) is 9.86. The predicted molar refractivity (Wildman–Crippen MR) is 188 cm³/mol. The smallest absolute Gasteiger partial charge is 0.246 e. The first-order valence-corrected chi connectivity index (χ1v) is 16.3. The van der Waals surface area contributed by atoms with Crippen molar-refractivity contribution in [2.75, 3.05) is 0 Å². The molecule has 0 spiro atoms. The molecule has 4 aromatic carbocycles. The summed E-state index contributed by atoms with van der Waals surface area (Å²) in [6, 6.07) is 20.1. The molecule has 7 rings (SSSR count). The summed E-state index contributed by atoms with van der Waals surface area (Å²) >= 11 is 0. The lowest BCUT2D eigenvalue weighted by Gasteiger charge is -2.23. The van der Waals surface area contributed by atoms with E-state index in [4.69, 9.17) is 9.97 Å². The van der Waals surface area contributed by atoms with Crippen molar-refractivity contribution in [1.29, 1.82) is 10.5 Å². The quantitative estimate of drug-likeness (QED) is 0.123. The molecule has 0 radical (unpaired) electrons. The van der Waals surface area contributed by atoms with E-state index in [0.29, 0.717) is 11.1 Å². The number of alkyl halides is 8. The lowest BCUT2D eigenvalue weighted by Crippen LogP contribution is -2.29. The van der Waals surface area contributed by atoms with Gasteiger partial charge in [0, 0.05) is 22.3 Å². The first kappa shape index (κ1) is 37.1. The van der Waals surface area contributed by atoms with Crippen LogP contribution in [0.3, 0.4) is 0 Å². The molecule has 1 aliphatic carbocycles. The summed E-state index contributed by atoms with van der Waals surface area (Å²) in [5.41, 5.74) is -3.44. The summed E-state index contributed by atoms with van der Waals surface area (Å²) in [5.74, 6) is 0. The van der Waals surface area contributed by atoms with Crippen molar-refractivity contribution in [2.24, 2.45) is 9.98 Å². The molecule has 6 aromatic rings. The van der Waals surface area contributed by atoms with E-state index >= 15 is 0 Å². The number of hydrogen-bond acceptors (Lipinski definition) is 8. The van der Waals surface area contributed by atoms with E-state index in [1.807, 2.05) is 0 Å². The Hall–Kier alpha value is -7.20. The van der Waals surface area contributed by atoms with E-state index in [9.17, 15) is 45.6 Å². The van der Waals surface area contributed by atoms with Gasteiger partial charge in [-0.15, -0.1) is 0 Å². The van der Waals surface area contributed by atoms with Crippen LogP contribution in [0.2, 0.25) is 0 Å². The number of nitrogens with zero attached hydrogens (tertiary/aromatic N) is 8. The molecule has 0 saturated heterocycles. The number of halogens is 8. The van der Waals surface area contributed by atoms with Gasteiger partial charge < -0.3 is 0 Å². The summed E-state index contributed by atoms with van der Waals surface area (Å²) < 4.78 is 111. The fraction of sp³-hybridized carbons (Fsp3) is 0.100. The monoisotopic (exact) mass is 764 g/mol. The molecule has 2 aromatic heterocycles. The minimum absolute atomic E-state index is 0.104. The second kappa shape index (κ2) is 14.6. The highest BCUT2D eigenvalue weighted by Crippen LogP contribution is 2.40. The van der Waals surface area contributed by atoms with E-state index in [-0.39, 0.29) is 79.2 Å². The SMILES string of the molecule is N#CN=C1c2nc(-c3cccc(CF)c3)c(-c3cccc(CF)c3)nc2C(=NC#N)c2nc(-c3cccc(C(F)(F)F)c3)c(-c3cccc(C(F)(F)F)c3)nc21. The molecule has 0 saturated carbocycles. The maximum atomic E-state index is 13.9. The molecule has 0 unspecified atom stereocenters. The molecule has 0 amide bonds. The molecule has 0 atom stereocenters. The van der Waals surface area contributed by atoms with Gasteiger partial charge in [0.1, 0.15) is 47.5 Å². The van der Waals surface area contributed by atoms with Gasteiger partial charge in [-0.25, -0.2) is 28.7 Å². The van der Waals surface area contributed by atoms with E-state index < -0.39 is 36.8 Å². The van der Waals surface area contributed by atoms with Crippen molar-refractivity contribution in [1.82, 2.24) is 19.9 Å². The summed E-state index contributed by atoms with van der Waals surface area (Å²) in [6.45, 7) is -1.68. The summed E-state index contributed by atoms with van der Waals surface area (Å²) in [6.07, 6.45) is -6.35. The molecule has 276 valence electrons. The standard InChI is InChI=1S/C40H20F8N8/c41-17-21-5-1-7-23(13-21)29-30(24-8-2-6-22(14-24)18-42)54-36-34(52-20-50)38-37(33(51-19-49)35(36)53-29)55-31(25-9-3-11-27(15-25)39(43,44)45)32(56-38)26-10-4-12-28(16-26)40(46,47)48/h1-16H,17-18H2. The highest BCUT2D eigenvalue weighted by molar-refractivity contribution is 6.29. The van der Waals surface area contributed by atoms with Crippen LogP contribution in [0.1, 0.15) is 45.0 Å². The summed E-state index contributed by atoms with van der Waals surface area (Å²) in [7, 11) is 0. The summed E-state index contributed by atoms with van der Waals surface area (Å²) in [4.78, 5) is 26.7. The van der Waals surface area contributed by atoms with Gasteiger partial charge in [-0.2, -0.15) is 46.9 Å². The third-order valence-corrected chi connectivity index (χ3v) is 8.65. The Morgan fingerprint density at radius 1 is 0.446 bits per heavy atom. The Morgan fingerprint density at radius 3 is 1.04 bits per heavy atom. The van der Waals surface area contributed by atoms with Crippen LogP contribution < -0.4 is 0 Å². The lowest BCUT2D eigenvalue weighted by molar-refractivity contribution is -0.138. The zero-order valence-electron chi connectivity index (χ0n) is 28.3. The van der Waals surface area contributed by atoms with Gasteiger partial charge in [-0.05, 0) is 47.5 Å². The topological polar surface area (TPSA) is 124 Å². The van der Waals surface area contributed by atoms with Crippen LogP contribution in [0.25, 0.3) is 45.0 Å². The molecule has 0 N–H and O–H groups in total. The molecule has 0 aliphatic heterocycles. The van der Waals surface area contributed by atoms with Crippen molar-refractivity contribution in [2.45, 2.75) is 25.7 Å². The molecule has 56 heavy (non-hydrogen) atoms. The normalized spacial score (nSPS) is 13.9. The Kier molecular flexibility index (Phi) is 9.65. The summed E-state index contributed by atoms with van der Waals surface area (Å²) in [5, 5.41) is 19.8. The zero-order valence-corrected chi connectivity index (χ0v) is 28.3. The average Bonchev–Trinajstić information content (AvgIpc) is 3.20. The van der Waals surface area contributed by atoms with Crippen molar-refractivity contribution in [3.8, 4) is 57.4 Å². The maximum Gasteiger partial charge on any atom is 0.416 e. The van der Waals surface area contributed by atoms with E-state index in [1.165, 1.54) is 36.4 Å². The van der Waals surface area contributed by atoms with Crippen LogP contribution >= 0.6 is 0 Å². The zero-order chi connectivity index (χ0) is 39.8. The first-order valence-electron chi connectivity index (χ1n) is 16.3. The molecule has 16 heteroatoms. The minimum atomic E-state index is -4.82. The average molecular weight is 765 g/mol. The van der Waals surface area contributed by atoms with Crippen LogP contribution in [-0.4, -0.2) is 31.4 Å². The third-order valence-electron chi connectivity index (χ3n) is 8.65. The van der Waals surface area contributed by atoms with E-state index in [0.717, 1.165) is 36.4 Å². The van der Waals surface area contributed by atoms with Crippen LogP contribution in [0.4, 0.5) is 35.1 Å². The van der Waals surface area contributed by atoms with Crippen molar-refractivity contribution >= 4 is 11.4 Å². The molecule has 1 aliphatic rings. The van der Waals surface area contributed by atoms with Crippen molar-refractivity contribution in [3.63, 3.8) is 0 Å². The van der Waals surface area contributed by atoms with Crippen LogP contribution in [0, 0.1) is 22.9 Å². The number of aliphatic imine (C=N–C) groups is 2. The van der Waals surface area contributed by atoms with Crippen LogP contribution in [0.5, 0.6) is 0 Å². The molecule has 8 nitrogen and oxygen atoms in total. The maximum absolute atomic E-state index is 13.9. The second-order valence-corrected chi connectivity index (χ2v) is 12.2. The fourth-order valence-corrected chi connectivity index (χ4v) is 6.16. The highest BCUT2D eigenvalue weighted by atomic mass is 19.4. The Labute approximate surface area is 311 Å². The first-order chi connectivity index (χ1) is 26.8. The van der Waals surface area contributed by atoms with Gasteiger partial charge in [0.25, 0.3) is 0 Å². The largest absolute Gasteiger partial charge is 0.416 e. The van der Waals surface area contributed by atoms with Gasteiger partial charge in [-0.1, -0.05) is 60.7 Å².